The van der Waals surface area contributed by atoms with E-state index in [-0.39, 0.29) is 12.3 Å². The first kappa shape index (κ1) is 15.8. The van der Waals surface area contributed by atoms with E-state index in [0.717, 1.165) is 12.8 Å². The highest BCUT2D eigenvalue weighted by Crippen LogP contribution is 2.32. The maximum Gasteiger partial charge on any atom is 0.303 e. The van der Waals surface area contributed by atoms with Gasteiger partial charge in [-0.15, -0.1) is 0 Å². The quantitative estimate of drug-likeness (QED) is 0.472. The van der Waals surface area contributed by atoms with Crippen LogP contribution in [0.2, 0.25) is 0 Å². The van der Waals surface area contributed by atoms with Crippen molar-refractivity contribution in [2.75, 3.05) is 6.54 Å². The number of carboxylic acids is 1. The predicted octanol–water partition coefficient (Wildman–Crippen LogP) is 3.13. The number of thiocarbonyl (C=S) groups is 1. The summed E-state index contributed by atoms with van der Waals surface area (Å²) in [5, 5.41) is 8.56. The summed E-state index contributed by atoms with van der Waals surface area (Å²) in [6, 6.07) is 3.54. The van der Waals surface area contributed by atoms with Crippen molar-refractivity contribution in [2.24, 2.45) is 0 Å². The molecule has 0 spiro atoms. The Balaban J connectivity index is 1.86. The lowest BCUT2D eigenvalue weighted by molar-refractivity contribution is -0.137. The number of unbranched alkanes of at least 4 members (excludes halogenated alkanes) is 2. The first-order chi connectivity index (χ1) is 10.1. The SMILES string of the molecule is O=C(O)CCCCCN1C(=O)/C(=C\c2ccco2)SC1=S. The number of nitrogens with zero attached hydrogens (tertiary/aromatic N) is 1. The lowest BCUT2D eigenvalue weighted by Gasteiger charge is -2.13. The van der Waals surface area contributed by atoms with E-state index in [1.54, 1.807) is 29.4 Å². The molecule has 1 saturated heterocycles. The summed E-state index contributed by atoms with van der Waals surface area (Å²) >= 11 is 6.48. The van der Waals surface area contributed by atoms with E-state index in [1.165, 1.54) is 11.8 Å². The third kappa shape index (κ3) is 4.44. The van der Waals surface area contributed by atoms with Gasteiger partial charge in [0, 0.05) is 19.0 Å². The lowest BCUT2D eigenvalue weighted by Crippen LogP contribution is -2.29. The van der Waals surface area contributed by atoms with Crippen LogP contribution in [0.15, 0.2) is 27.7 Å². The minimum Gasteiger partial charge on any atom is -0.481 e. The molecule has 21 heavy (non-hydrogen) atoms. The Labute approximate surface area is 132 Å². The lowest BCUT2D eigenvalue weighted by atomic mass is 10.2. The van der Waals surface area contributed by atoms with Crippen molar-refractivity contribution in [2.45, 2.75) is 25.7 Å². The number of aliphatic carboxylic acids is 1. The van der Waals surface area contributed by atoms with E-state index in [4.69, 9.17) is 21.7 Å². The first-order valence-corrected chi connectivity index (χ1v) is 7.81. The average Bonchev–Trinajstić information content (AvgIpc) is 3.01. The Kier molecular flexibility index (Phi) is 5.58. The van der Waals surface area contributed by atoms with Crippen molar-refractivity contribution in [3.05, 3.63) is 29.1 Å². The van der Waals surface area contributed by atoms with E-state index in [9.17, 15) is 9.59 Å². The van der Waals surface area contributed by atoms with Crippen LogP contribution in [0, 0.1) is 0 Å². The maximum atomic E-state index is 12.2. The molecule has 1 aliphatic rings. The van der Waals surface area contributed by atoms with Crippen molar-refractivity contribution >= 4 is 46.3 Å². The Morgan fingerprint density at radius 1 is 1.43 bits per heavy atom. The molecular formula is C14H15NO4S2. The van der Waals surface area contributed by atoms with Crippen molar-refractivity contribution in [3.63, 3.8) is 0 Å². The molecule has 1 fully saturated rings. The molecule has 0 bridgehead atoms. The second kappa shape index (κ2) is 7.42. The number of carbonyl (C=O) groups is 2. The van der Waals surface area contributed by atoms with E-state index >= 15 is 0 Å². The van der Waals surface area contributed by atoms with Crippen LogP contribution in [0.4, 0.5) is 0 Å². The summed E-state index contributed by atoms with van der Waals surface area (Å²) in [4.78, 5) is 24.8. The van der Waals surface area contributed by atoms with Gasteiger partial charge in [0.1, 0.15) is 10.1 Å². The molecule has 0 unspecified atom stereocenters. The van der Waals surface area contributed by atoms with Crippen LogP contribution < -0.4 is 0 Å². The molecule has 1 aliphatic heterocycles. The van der Waals surface area contributed by atoms with Gasteiger partial charge in [-0.1, -0.05) is 30.4 Å². The number of hydrogen-bond donors (Lipinski definition) is 1. The highest BCUT2D eigenvalue weighted by Gasteiger charge is 2.31. The van der Waals surface area contributed by atoms with E-state index in [0.29, 0.717) is 28.0 Å². The number of amides is 1. The number of thioether (sulfide) groups is 1. The monoisotopic (exact) mass is 325 g/mol. The van der Waals surface area contributed by atoms with Crippen molar-refractivity contribution in [3.8, 4) is 0 Å². The zero-order valence-corrected chi connectivity index (χ0v) is 12.9. The highest BCUT2D eigenvalue weighted by atomic mass is 32.2. The zero-order chi connectivity index (χ0) is 15.2. The number of rotatable bonds is 7. The highest BCUT2D eigenvalue weighted by molar-refractivity contribution is 8.26. The molecule has 1 aromatic heterocycles. The smallest absolute Gasteiger partial charge is 0.303 e. The first-order valence-electron chi connectivity index (χ1n) is 6.58. The van der Waals surface area contributed by atoms with Gasteiger partial charge in [0.25, 0.3) is 5.91 Å². The molecule has 5 nitrogen and oxygen atoms in total. The Bertz CT molecular complexity index is 566. The Morgan fingerprint density at radius 2 is 2.24 bits per heavy atom. The number of furan rings is 1. The Morgan fingerprint density at radius 3 is 2.90 bits per heavy atom. The largest absolute Gasteiger partial charge is 0.481 e. The fourth-order valence-electron chi connectivity index (χ4n) is 1.92. The molecular weight excluding hydrogens is 310 g/mol. The fourth-order valence-corrected chi connectivity index (χ4v) is 3.21. The van der Waals surface area contributed by atoms with Crippen molar-refractivity contribution in [1.29, 1.82) is 0 Å². The van der Waals surface area contributed by atoms with Crippen LogP contribution in [0.25, 0.3) is 6.08 Å². The van der Waals surface area contributed by atoms with E-state index < -0.39 is 5.97 Å². The Hall–Kier alpha value is -1.60. The van der Waals surface area contributed by atoms with Gasteiger partial charge >= 0.3 is 5.97 Å². The van der Waals surface area contributed by atoms with Gasteiger partial charge in [-0.25, -0.2) is 0 Å². The summed E-state index contributed by atoms with van der Waals surface area (Å²) in [6.07, 6.45) is 5.52. The number of carbonyl (C=O) groups excluding carboxylic acids is 1. The third-order valence-corrected chi connectivity index (χ3v) is 4.34. The molecule has 1 aromatic rings. The van der Waals surface area contributed by atoms with Gasteiger partial charge in [-0.3, -0.25) is 14.5 Å². The van der Waals surface area contributed by atoms with Gasteiger partial charge in [-0.2, -0.15) is 0 Å². The minimum atomic E-state index is -0.790. The van der Waals surface area contributed by atoms with E-state index in [1.807, 2.05) is 0 Å². The summed E-state index contributed by atoms with van der Waals surface area (Å²) in [7, 11) is 0. The van der Waals surface area contributed by atoms with Crippen LogP contribution >= 0.6 is 24.0 Å². The zero-order valence-electron chi connectivity index (χ0n) is 11.3. The van der Waals surface area contributed by atoms with Crippen molar-refractivity contribution in [1.82, 2.24) is 4.90 Å². The molecule has 7 heteroatoms. The minimum absolute atomic E-state index is 0.111. The molecule has 0 saturated carbocycles. The van der Waals surface area contributed by atoms with Gasteiger partial charge in [0.05, 0.1) is 11.2 Å². The summed E-state index contributed by atoms with van der Waals surface area (Å²) in [5.41, 5.74) is 0. The second-order valence-electron chi connectivity index (χ2n) is 4.55. The molecule has 2 heterocycles. The molecule has 2 rings (SSSR count). The summed E-state index contributed by atoms with van der Waals surface area (Å²) < 4.78 is 5.73. The molecule has 1 N–H and O–H groups in total. The van der Waals surface area contributed by atoms with Crippen LogP contribution in [-0.4, -0.2) is 32.7 Å². The second-order valence-corrected chi connectivity index (χ2v) is 6.23. The molecule has 0 radical (unpaired) electrons. The molecule has 0 aliphatic carbocycles. The fraction of sp³-hybridized carbons (Fsp3) is 0.357. The summed E-state index contributed by atoms with van der Waals surface area (Å²) in [5.74, 6) is -0.279. The number of carboxylic acid groups (broad SMARTS) is 1. The standard InChI is InChI=1S/C14H15NO4S2/c16-12(17)6-2-1-3-7-15-13(18)11(21-14(15)20)9-10-5-4-8-19-10/h4-5,8-9H,1-3,6-7H2,(H,16,17)/b11-9+. The maximum absolute atomic E-state index is 12.2. The summed E-state index contributed by atoms with van der Waals surface area (Å²) in [6.45, 7) is 0.528. The van der Waals surface area contributed by atoms with Gasteiger partial charge in [-0.05, 0) is 25.0 Å². The normalized spacial score (nSPS) is 17.0. The van der Waals surface area contributed by atoms with Gasteiger partial charge < -0.3 is 9.52 Å². The van der Waals surface area contributed by atoms with Gasteiger partial charge in [0.15, 0.2) is 0 Å². The van der Waals surface area contributed by atoms with Crippen molar-refractivity contribution < 1.29 is 19.1 Å². The molecule has 112 valence electrons. The van der Waals surface area contributed by atoms with Crippen LogP contribution in [0.1, 0.15) is 31.4 Å². The topological polar surface area (TPSA) is 70.8 Å². The van der Waals surface area contributed by atoms with E-state index in [2.05, 4.69) is 0 Å². The van der Waals surface area contributed by atoms with Crippen LogP contribution in [0.3, 0.4) is 0 Å². The number of hydrogen-bond acceptors (Lipinski definition) is 5. The molecule has 1 amide bonds. The van der Waals surface area contributed by atoms with Crippen LogP contribution in [0.5, 0.6) is 0 Å². The predicted molar refractivity (Wildman–Crippen MR) is 84.7 cm³/mol. The average molecular weight is 325 g/mol. The third-order valence-electron chi connectivity index (χ3n) is 2.96. The van der Waals surface area contributed by atoms with Crippen LogP contribution in [-0.2, 0) is 9.59 Å². The molecule has 0 aromatic carbocycles. The molecule has 0 atom stereocenters. The van der Waals surface area contributed by atoms with Gasteiger partial charge in [0.2, 0.25) is 0 Å².